The summed E-state index contributed by atoms with van der Waals surface area (Å²) in [5, 5.41) is 4.18. The molecule has 1 heterocycles. The number of benzene rings is 2. The minimum Gasteiger partial charge on any atom is -0.493 e. The number of hydrogen-bond acceptors (Lipinski definition) is 5. The highest BCUT2D eigenvalue weighted by atomic mass is 16.5. The summed E-state index contributed by atoms with van der Waals surface area (Å²) < 4.78 is 16.3. The van der Waals surface area contributed by atoms with Crippen molar-refractivity contribution >= 4 is 22.8 Å². The minimum atomic E-state index is -0.0687. The number of aromatic amines is 1. The van der Waals surface area contributed by atoms with E-state index in [0.717, 1.165) is 34.2 Å². The number of allylic oxidation sites excluding steroid dienone is 6. The van der Waals surface area contributed by atoms with Crippen LogP contribution in [0.25, 0.3) is 17.0 Å². The van der Waals surface area contributed by atoms with Crippen molar-refractivity contribution in [2.45, 2.75) is 6.42 Å². The predicted molar refractivity (Wildman–Crippen MR) is 140 cm³/mol. The Hall–Kier alpha value is -4.45. The third-order valence-corrected chi connectivity index (χ3v) is 5.65. The Labute approximate surface area is 204 Å². The van der Waals surface area contributed by atoms with Gasteiger partial charge in [0.25, 0.3) is 0 Å². The standard InChI is InChI=1S/C29H28N2O4/c1-33-27-17-20(18-28(34-2)29(27)35-3)13-14-21-9-5-4-6-11-24(21)30-16-15-26(32)23-19-31-25-12-8-7-10-22(23)25/h4-5,7-19,30-31H,6H2,1-3H3/b14-13-,16-15-. The number of nitrogens with one attached hydrogen (secondary N) is 2. The summed E-state index contributed by atoms with van der Waals surface area (Å²) in [5.41, 5.74) is 4.36. The number of ether oxygens (including phenoxy) is 3. The maximum absolute atomic E-state index is 12.8. The Balaban J connectivity index is 1.51. The first-order chi connectivity index (χ1) is 17.1. The second kappa shape index (κ2) is 11.1. The number of ketones is 1. The van der Waals surface area contributed by atoms with Crippen molar-refractivity contribution in [3.63, 3.8) is 0 Å². The molecule has 2 N–H and O–H groups in total. The number of carbonyl (C=O) groups excluding carboxylic acids is 1. The van der Waals surface area contributed by atoms with Crippen LogP contribution in [-0.4, -0.2) is 32.1 Å². The van der Waals surface area contributed by atoms with E-state index in [1.807, 2.05) is 60.7 Å². The van der Waals surface area contributed by atoms with Crippen molar-refractivity contribution in [2.75, 3.05) is 21.3 Å². The number of H-pyrrole nitrogens is 1. The lowest BCUT2D eigenvalue weighted by atomic mass is 10.1. The molecule has 178 valence electrons. The van der Waals surface area contributed by atoms with Gasteiger partial charge in [0.15, 0.2) is 17.3 Å². The minimum absolute atomic E-state index is 0.0687. The van der Waals surface area contributed by atoms with Gasteiger partial charge >= 0.3 is 0 Å². The molecule has 0 bridgehead atoms. The van der Waals surface area contributed by atoms with Crippen molar-refractivity contribution in [1.29, 1.82) is 0 Å². The van der Waals surface area contributed by atoms with Gasteiger partial charge in [-0.25, -0.2) is 0 Å². The first-order valence-corrected chi connectivity index (χ1v) is 11.2. The highest BCUT2D eigenvalue weighted by Crippen LogP contribution is 2.38. The summed E-state index contributed by atoms with van der Waals surface area (Å²) in [6, 6.07) is 11.5. The first kappa shape index (κ1) is 23.7. The SMILES string of the molecule is COc1cc(/C=C\C2=CC=CCC=C2N/C=C\C(=O)c2c[nH]c3ccccc23)cc(OC)c1OC. The monoisotopic (exact) mass is 468 g/mol. The Morgan fingerprint density at radius 2 is 1.80 bits per heavy atom. The van der Waals surface area contributed by atoms with Gasteiger partial charge in [0.1, 0.15) is 0 Å². The summed E-state index contributed by atoms with van der Waals surface area (Å²) in [4.78, 5) is 15.9. The zero-order valence-corrected chi connectivity index (χ0v) is 20.0. The van der Waals surface area contributed by atoms with Gasteiger partial charge in [-0.2, -0.15) is 0 Å². The van der Waals surface area contributed by atoms with Crippen LogP contribution in [0.15, 0.2) is 96.5 Å². The molecule has 0 aliphatic heterocycles. The summed E-state index contributed by atoms with van der Waals surface area (Å²) in [5.74, 6) is 1.67. The number of fused-ring (bicyclic) bond motifs is 1. The number of methoxy groups -OCH3 is 3. The first-order valence-electron chi connectivity index (χ1n) is 11.2. The van der Waals surface area contributed by atoms with E-state index in [9.17, 15) is 4.79 Å². The Morgan fingerprint density at radius 1 is 1.03 bits per heavy atom. The highest BCUT2D eigenvalue weighted by Gasteiger charge is 2.12. The number of aromatic nitrogens is 1. The fourth-order valence-electron chi connectivity index (χ4n) is 3.89. The Bertz CT molecular complexity index is 1350. The Kier molecular flexibility index (Phi) is 7.53. The van der Waals surface area contributed by atoms with Gasteiger partial charge in [0.05, 0.1) is 21.3 Å². The molecule has 1 aliphatic carbocycles. The average molecular weight is 469 g/mol. The van der Waals surface area contributed by atoms with Crippen LogP contribution in [0.3, 0.4) is 0 Å². The van der Waals surface area contributed by atoms with E-state index < -0.39 is 0 Å². The normalized spacial score (nSPS) is 13.6. The van der Waals surface area contributed by atoms with Crippen LogP contribution < -0.4 is 19.5 Å². The molecular weight excluding hydrogens is 440 g/mol. The van der Waals surface area contributed by atoms with E-state index in [1.165, 1.54) is 0 Å². The molecule has 2 aromatic carbocycles. The molecule has 1 aliphatic rings. The molecular formula is C29H28N2O4. The van der Waals surface area contributed by atoms with Crippen LogP contribution in [0.1, 0.15) is 22.3 Å². The van der Waals surface area contributed by atoms with Gasteiger partial charge in [-0.15, -0.1) is 0 Å². The molecule has 0 radical (unpaired) electrons. The van der Waals surface area contributed by atoms with E-state index in [0.29, 0.717) is 22.8 Å². The average Bonchev–Trinajstić information content (AvgIpc) is 3.20. The number of rotatable bonds is 9. The van der Waals surface area contributed by atoms with Gasteiger partial charge in [0.2, 0.25) is 5.75 Å². The van der Waals surface area contributed by atoms with Crippen LogP contribution >= 0.6 is 0 Å². The fourth-order valence-corrected chi connectivity index (χ4v) is 3.89. The van der Waals surface area contributed by atoms with E-state index in [4.69, 9.17) is 14.2 Å². The Morgan fingerprint density at radius 3 is 2.54 bits per heavy atom. The third kappa shape index (κ3) is 5.38. The van der Waals surface area contributed by atoms with Crippen molar-refractivity contribution in [3.8, 4) is 17.2 Å². The maximum Gasteiger partial charge on any atom is 0.203 e. The summed E-state index contributed by atoms with van der Waals surface area (Å²) in [7, 11) is 4.77. The van der Waals surface area contributed by atoms with E-state index in [-0.39, 0.29) is 5.78 Å². The van der Waals surface area contributed by atoms with Gasteiger partial charge in [-0.05, 0) is 35.8 Å². The number of para-hydroxylation sites is 1. The van der Waals surface area contributed by atoms with E-state index in [1.54, 1.807) is 39.8 Å². The van der Waals surface area contributed by atoms with Crippen molar-refractivity contribution in [1.82, 2.24) is 10.3 Å². The molecule has 0 amide bonds. The van der Waals surface area contributed by atoms with Gasteiger partial charge < -0.3 is 24.5 Å². The maximum atomic E-state index is 12.8. The van der Waals surface area contributed by atoms with Crippen LogP contribution in [0.5, 0.6) is 17.2 Å². The van der Waals surface area contributed by atoms with Crippen molar-refractivity contribution in [3.05, 3.63) is 108 Å². The fraction of sp³-hybridized carbons (Fsp3) is 0.138. The molecule has 0 spiro atoms. The predicted octanol–water partition coefficient (Wildman–Crippen LogP) is 5.96. The number of carbonyl (C=O) groups is 1. The molecule has 1 aromatic heterocycles. The van der Waals surface area contributed by atoms with E-state index >= 15 is 0 Å². The summed E-state index contributed by atoms with van der Waals surface area (Å²) in [6.07, 6.45) is 17.9. The van der Waals surface area contributed by atoms with Gasteiger partial charge in [0, 0.05) is 40.6 Å². The molecule has 0 saturated heterocycles. The lowest BCUT2D eigenvalue weighted by molar-refractivity contribution is 0.104. The highest BCUT2D eigenvalue weighted by molar-refractivity contribution is 6.13. The topological polar surface area (TPSA) is 72.6 Å². The van der Waals surface area contributed by atoms with Crippen molar-refractivity contribution in [2.24, 2.45) is 0 Å². The molecule has 0 fully saturated rings. The summed E-state index contributed by atoms with van der Waals surface area (Å²) >= 11 is 0. The van der Waals surface area contributed by atoms with Crippen LogP contribution in [-0.2, 0) is 0 Å². The zero-order chi connectivity index (χ0) is 24.6. The molecule has 35 heavy (non-hydrogen) atoms. The molecule has 6 heteroatoms. The third-order valence-electron chi connectivity index (χ3n) is 5.65. The van der Waals surface area contributed by atoms with Crippen LogP contribution in [0.2, 0.25) is 0 Å². The molecule has 0 atom stereocenters. The molecule has 4 rings (SSSR count). The lowest BCUT2D eigenvalue weighted by Crippen LogP contribution is -2.07. The molecule has 6 nitrogen and oxygen atoms in total. The second-order valence-electron chi connectivity index (χ2n) is 7.79. The largest absolute Gasteiger partial charge is 0.493 e. The van der Waals surface area contributed by atoms with Gasteiger partial charge in [-0.1, -0.05) is 54.7 Å². The molecule has 0 unspecified atom stereocenters. The summed E-state index contributed by atoms with van der Waals surface area (Å²) in [6.45, 7) is 0. The van der Waals surface area contributed by atoms with Gasteiger partial charge in [-0.3, -0.25) is 4.79 Å². The lowest BCUT2D eigenvalue weighted by Gasteiger charge is -2.13. The van der Waals surface area contributed by atoms with Crippen molar-refractivity contribution < 1.29 is 19.0 Å². The zero-order valence-electron chi connectivity index (χ0n) is 20.0. The smallest absolute Gasteiger partial charge is 0.203 e. The molecule has 3 aromatic rings. The number of hydrogen-bond donors (Lipinski definition) is 2. The quantitative estimate of drug-likeness (QED) is 0.299. The molecule has 0 saturated carbocycles. The van der Waals surface area contributed by atoms with Crippen LogP contribution in [0, 0.1) is 0 Å². The van der Waals surface area contributed by atoms with Crippen LogP contribution in [0.4, 0.5) is 0 Å². The second-order valence-corrected chi connectivity index (χ2v) is 7.79. The van der Waals surface area contributed by atoms with E-state index in [2.05, 4.69) is 22.5 Å².